The van der Waals surface area contributed by atoms with E-state index in [9.17, 15) is 4.79 Å². The van der Waals surface area contributed by atoms with Gasteiger partial charge in [-0.2, -0.15) is 0 Å². The van der Waals surface area contributed by atoms with E-state index < -0.39 is 6.10 Å². The topological polar surface area (TPSA) is 64.8 Å². The Bertz CT molecular complexity index is 654. The van der Waals surface area contributed by atoms with Crippen molar-refractivity contribution in [3.05, 3.63) is 59.7 Å². The standard InChI is InChI=1S/C16H15NO3/c1-19-11-6-4-5-10(9-11)15-16(20-15)14(18)12-7-2-3-8-13(12)17/h2-9,15-16H,17H2,1H3. The normalized spacial score (nSPS) is 20.4. The molecule has 3 rings (SSSR count). The van der Waals surface area contributed by atoms with E-state index in [1.807, 2.05) is 24.3 Å². The van der Waals surface area contributed by atoms with Gasteiger partial charge >= 0.3 is 0 Å². The fourth-order valence-electron chi connectivity index (χ4n) is 2.26. The minimum atomic E-state index is -0.452. The first-order chi connectivity index (χ1) is 9.70. The second-order valence-corrected chi connectivity index (χ2v) is 4.71. The first-order valence-electron chi connectivity index (χ1n) is 6.39. The lowest BCUT2D eigenvalue weighted by Crippen LogP contribution is -2.10. The summed E-state index contributed by atoms with van der Waals surface area (Å²) in [7, 11) is 1.61. The van der Waals surface area contributed by atoms with Crippen molar-refractivity contribution in [1.82, 2.24) is 0 Å². The Labute approximate surface area is 117 Å². The number of ether oxygens (including phenoxy) is 2. The molecule has 0 spiro atoms. The summed E-state index contributed by atoms with van der Waals surface area (Å²) in [5.41, 5.74) is 7.76. The van der Waals surface area contributed by atoms with E-state index in [1.54, 1.807) is 31.4 Å². The number of carbonyl (C=O) groups excluding carboxylic acids is 1. The van der Waals surface area contributed by atoms with Crippen LogP contribution in [0.25, 0.3) is 0 Å². The molecule has 102 valence electrons. The van der Waals surface area contributed by atoms with Gasteiger partial charge in [-0.15, -0.1) is 0 Å². The third-order valence-electron chi connectivity index (χ3n) is 3.40. The van der Waals surface area contributed by atoms with Crippen LogP contribution in [0.3, 0.4) is 0 Å². The van der Waals surface area contributed by atoms with Crippen LogP contribution in [0.4, 0.5) is 5.69 Å². The van der Waals surface area contributed by atoms with E-state index >= 15 is 0 Å². The predicted octanol–water partition coefficient (Wildman–Crippen LogP) is 2.60. The van der Waals surface area contributed by atoms with Crippen molar-refractivity contribution in [3.63, 3.8) is 0 Å². The van der Waals surface area contributed by atoms with Gasteiger partial charge in [0.2, 0.25) is 0 Å². The molecule has 1 fully saturated rings. The lowest BCUT2D eigenvalue weighted by Gasteiger charge is -2.03. The van der Waals surface area contributed by atoms with Crippen molar-refractivity contribution in [2.75, 3.05) is 12.8 Å². The zero-order chi connectivity index (χ0) is 14.1. The number of methoxy groups -OCH3 is 1. The fourth-order valence-corrected chi connectivity index (χ4v) is 2.26. The van der Waals surface area contributed by atoms with Crippen molar-refractivity contribution >= 4 is 11.5 Å². The van der Waals surface area contributed by atoms with Crippen LogP contribution in [0.5, 0.6) is 5.75 Å². The number of hydrogen-bond acceptors (Lipinski definition) is 4. The molecule has 0 amide bonds. The first kappa shape index (κ1) is 12.7. The zero-order valence-corrected chi connectivity index (χ0v) is 11.1. The van der Waals surface area contributed by atoms with E-state index in [2.05, 4.69) is 0 Å². The molecule has 2 atom stereocenters. The Morgan fingerprint density at radius 3 is 2.75 bits per heavy atom. The van der Waals surface area contributed by atoms with Crippen molar-refractivity contribution < 1.29 is 14.3 Å². The third-order valence-corrected chi connectivity index (χ3v) is 3.40. The summed E-state index contributed by atoms with van der Waals surface area (Å²) < 4.78 is 10.7. The maximum Gasteiger partial charge on any atom is 0.196 e. The molecule has 0 aromatic heterocycles. The van der Waals surface area contributed by atoms with Gasteiger partial charge in [0.15, 0.2) is 11.9 Å². The average Bonchev–Trinajstić information content (AvgIpc) is 3.28. The number of para-hydroxylation sites is 1. The number of anilines is 1. The smallest absolute Gasteiger partial charge is 0.196 e. The van der Waals surface area contributed by atoms with Gasteiger partial charge in [0.05, 0.1) is 7.11 Å². The zero-order valence-electron chi connectivity index (χ0n) is 11.1. The molecule has 1 aliphatic rings. The van der Waals surface area contributed by atoms with Crippen molar-refractivity contribution in [1.29, 1.82) is 0 Å². The van der Waals surface area contributed by atoms with Crippen LogP contribution in [-0.2, 0) is 4.74 Å². The number of Topliss-reactive ketones (excluding diaryl/α,β-unsaturated/α-hetero) is 1. The molecule has 1 aliphatic heterocycles. The van der Waals surface area contributed by atoms with Gasteiger partial charge in [0.1, 0.15) is 11.9 Å². The van der Waals surface area contributed by atoms with E-state index in [0.29, 0.717) is 11.3 Å². The largest absolute Gasteiger partial charge is 0.497 e. The lowest BCUT2D eigenvalue weighted by molar-refractivity contribution is 0.0954. The summed E-state index contributed by atoms with van der Waals surface area (Å²) in [4.78, 5) is 12.3. The molecule has 0 bridgehead atoms. The number of nitrogens with two attached hydrogens (primary N) is 1. The molecular weight excluding hydrogens is 254 g/mol. The highest BCUT2D eigenvalue weighted by Crippen LogP contribution is 2.42. The number of epoxide rings is 1. The third kappa shape index (κ3) is 2.26. The quantitative estimate of drug-likeness (QED) is 0.526. The molecule has 1 heterocycles. The molecule has 2 aromatic carbocycles. The maximum absolute atomic E-state index is 12.3. The predicted molar refractivity (Wildman–Crippen MR) is 75.8 cm³/mol. The molecule has 0 radical (unpaired) electrons. The Hall–Kier alpha value is -2.33. The monoisotopic (exact) mass is 269 g/mol. The van der Waals surface area contributed by atoms with Crippen LogP contribution in [0, 0.1) is 0 Å². The SMILES string of the molecule is COc1cccc(C2OC2C(=O)c2ccccc2N)c1. The minimum absolute atomic E-state index is 0.0732. The summed E-state index contributed by atoms with van der Waals surface area (Å²) in [5, 5.41) is 0. The second kappa shape index (κ2) is 4.98. The van der Waals surface area contributed by atoms with Crippen molar-refractivity contribution in [2.24, 2.45) is 0 Å². The fraction of sp³-hybridized carbons (Fsp3) is 0.188. The second-order valence-electron chi connectivity index (χ2n) is 4.71. The van der Waals surface area contributed by atoms with Gasteiger partial charge in [-0.05, 0) is 29.8 Å². The number of rotatable bonds is 4. The van der Waals surface area contributed by atoms with Crippen LogP contribution in [0.15, 0.2) is 48.5 Å². The Morgan fingerprint density at radius 1 is 1.20 bits per heavy atom. The van der Waals surface area contributed by atoms with Crippen LogP contribution in [-0.4, -0.2) is 19.0 Å². The van der Waals surface area contributed by atoms with E-state index in [-0.39, 0.29) is 11.9 Å². The molecule has 2 aromatic rings. The summed E-state index contributed by atoms with van der Waals surface area (Å²) in [6, 6.07) is 14.6. The highest BCUT2D eigenvalue weighted by Gasteiger charge is 2.46. The van der Waals surface area contributed by atoms with Crippen LogP contribution < -0.4 is 10.5 Å². The van der Waals surface area contributed by atoms with Gasteiger partial charge in [-0.3, -0.25) is 4.79 Å². The molecule has 1 saturated heterocycles. The molecule has 4 nitrogen and oxygen atoms in total. The number of ketones is 1. The van der Waals surface area contributed by atoms with Crippen LogP contribution in [0.1, 0.15) is 22.0 Å². The number of hydrogen-bond donors (Lipinski definition) is 1. The molecule has 0 aliphatic carbocycles. The van der Waals surface area contributed by atoms with E-state index in [0.717, 1.165) is 11.3 Å². The Morgan fingerprint density at radius 2 is 2.00 bits per heavy atom. The van der Waals surface area contributed by atoms with E-state index in [4.69, 9.17) is 15.2 Å². The Balaban J connectivity index is 1.79. The lowest BCUT2D eigenvalue weighted by atomic mass is 10.0. The highest BCUT2D eigenvalue weighted by atomic mass is 16.6. The molecule has 0 saturated carbocycles. The van der Waals surface area contributed by atoms with Crippen LogP contribution >= 0.6 is 0 Å². The summed E-state index contributed by atoms with van der Waals surface area (Å²) in [6.45, 7) is 0. The van der Waals surface area contributed by atoms with Crippen molar-refractivity contribution in [2.45, 2.75) is 12.2 Å². The molecular formula is C16H15NO3. The summed E-state index contributed by atoms with van der Waals surface area (Å²) in [6.07, 6.45) is -0.663. The molecule has 2 N–H and O–H groups in total. The van der Waals surface area contributed by atoms with Crippen molar-refractivity contribution in [3.8, 4) is 5.75 Å². The van der Waals surface area contributed by atoms with Gasteiger partial charge in [0, 0.05) is 11.3 Å². The van der Waals surface area contributed by atoms with Crippen LogP contribution in [0.2, 0.25) is 0 Å². The van der Waals surface area contributed by atoms with Gasteiger partial charge in [0.25, 0.3) is 0 Å². The van der Waals surface area contributed by atoms with E-state index in [1.165, 1.54) is 0 Å². The number of nitrogen functional groups attached to an aromatic ring is 1. The summed E-state index contributed by atoms with van der Waals surface area (Å²) >= 11 is 0. The molecule has 4 heteroatoms. The summed E-state index contributed by atoms with van der Waals surface area (Å²) in [5.74, 6) is 0.680. The minimum Gasteiger partial charge on any atom is -0.497 e. The average molecular weight is 269 g/mol. The molecule has 20 heavy (non-hydrogen) atoms. The Kier molecular flexibility index (Phi) is 3.16. The van der Waals surface area contributed by atoms with Gasteiger partial charge in [-0.25, -0.2) is 0 Å². The van der Waals surface area contributed by atoms with Gasteiger partial charge < -0.3 is 15.2 Å². The maximum atomic E-state index is 12.3. The van der Waals surface area contributed by atoms with Gasteiger partial charge in [-0.1, -0.05) is 24.3 Å². The first-order valence-corrected chi connectivity index (χ1v) is 6.39. The highest BCUT2D eigenvalue weighted by molar-refractivity contribution is 6.05. The number of carbonyl (C=O) groups is 1. The number of benzene rings is 2. The molecule has 2 unspecified atom stereocenters.